The van der Waals surface area contributed by atoms with E-state index < -0.39 is 5.60 Å². The first-order valence-electron chi connectivity index (χ1n) is 7.51. The van der Waals surface area contributed by atoms with Crippen molar-refractivity contribution < 1.29 is 19.2 Å². The molecule has 0 unspecified atom stereocenters. The van der Waals surface area contributed by atoms with Crippen LogP contribution in [0.25, 0.3) is 0 Å². The minimum Gasteiger partial charge on any atom is -0.444 e. The van der Waals surface area contributed by atoms with Gasteiger partial charge in [-0.1, -0.05) is 0 Å². The van der Waals surface area contributed by atoms with E-state index >= 15 is 0 Å². The third-order valence-corrected chi connectivity index (χ3v) is 3.66. The fourth-order valence-corrected chi connectivity index (χ4v) is 2.46. The Morgan fingerprint density at radius 2 is 1.76 bits per heavy atom. The second kappa shape index (κ2) is 7.64. The van der Waals surface area contributed by atoms with Gasteiger partial charge in [0.15, 0.2) is 0 Å². The molecule has 0 aliphatic heterocycles. The zero-order chi connectivity index (χ0) is 16.0. The molecule has 0 saturated heterocycles. The average molecular weight is 300 g/mol. The van der Waals surface area contributed by atoms with Crippen molar-refractivity contribution in [2.45, 2.75) is 64.5 Å². The van der Waals surface area contributed by atoms with Crippen molar-refractivity contribution in [3.63, 3.8) is 0 Å². The van der Waals surface area contributed by atoms with Crippen LogP contribution in [0.15, 0.2) is 0 Å². The Morgan fingerprint density at radius 3 is 2.24 bits per heavy atom. The summed E-state index contributed by atoms with van der Waals surface area (Å²) in [6, 6.07) is 0.145. The Hall–Kier alpha value is -1.30. The van der Waals surface area contributed by atoms with E-state index in [-0.39, 0.29) is 18.0 Å². The van der Waals surface area contributed by atoms with E-state index in [4.69, 9.17) is 9.57 Å². The molecule has 1 aliphatic carbocycles. The van der Waals surface area contributed by atoms with Gasteiger partial charge in [-0.25, -0.2) is 9.86 Å². The molecule has 1 aliphatic rings. The van der Waals surface area contributed by atoms with Gasteiger partial charge in [-0.3, -0.25) is 9.63 Å². The van der Waals surface area contributed by atoms with Gasteiger partial charge in [0.1, 0.15) is 5.60 Å². The van der Waals surface area contributed by atoms with Crippen LogP contribution < -0.4 is 5.32 Å². The molecule has 0 heterocycles. The predicted molar refractivity (Wildman–Crippen MR) is 79.5 cm³/mol. The van der Waals surface area contributed by atoms with Gasteiger partial charge in [-0.05, 0) is 52.4 Å². The lowest BCUT2D eigenvalue weighted by Gasteiger charge is -2.30. The molecule has 0 aromatic rings. The van der Waals surface area contributed by atoms with E-state index in [0.29, 0.717) is 12.3 Å². The Labute approximate surface area is 127 Å². The number of nitrogens with one attached hydrogen (secondary N) is 1. The van der Waals surface area contributed by atoms with Crippen LogP contribution >= 0.6 is 0 Å². The molecule has 1 saturated carbocycles. The molecule has 1 fully saturated rings. The Balaban J connectivity index is 2.29. The van der Waals surface area contributed by atoms with Gasteiger partial charge < -0.3 is 10.1 Å². The molecule has 0 aromatic heterocycles. The molecule has 1 rings (SSSR count). The summed E-state index contributed by atoms with van der Waals surface area (Å²) in [6.45, 7) is 5.55. The van der Waals surface area contributed by atoms with Crippen LogP contribution in [-0.4, -0.2) is 42.9 Å². The monoisotopic (exact) mass is 300 g/mol. The predicted octanol–water partition coefficient (Wildman–Crippen LogP) is 2.48. The van der Waals surface area contributed by atoms with Crippen molar-refractivity contribution in [3.05, 3.63) is 0 Å². The van der Waals surface area contributed by atoms with E-state index in [1.165, 1.54) is 12.2 Å². The zero-order valence-electron chi connectivity index (χ0n) is 13.8. The molecule has 0 spiro atoms. The number of rotatable bonds is 4. The summed E-state index contributed by atoms with van der Waals surface area (Å²) in [6.07, 6.45) is 3.78. The third-order valence-electron chi connectivity index (χ3n) is 3.66. The second-order valence-electron chi connectivity index (χ2n) is 6.64. The average Bonchev–Trinajstić information content (AvgIpc) is 2.37. The van der Waals surface area contributed by atoms with Crippen LogP contribution in [0.4, 0.5) is 4.79 Å². The number of carbonyl (C=O) groups is 2. The Bertz CT molecular complexity index is 357. The maximum absolute atomic E-state index is 11.8. The highest BCUT2D eigenvalue weighted by Crippen LogP contribution is 2.27. The number of carbonyl (C=O) groups excluding carboxylic acids is 2. The molecule has 21 heavy (non-hydrogen) atoms. The first-order valence-corrected chi connectivity index (χ1v) is 7.51. The first-order chi connectivity index (χ1) is 9.71. The van der Waals surface area contributed by atoms with Gasteiger partial charge in [0.2, 0.25) is 5.91 Å². The molecule has 1 N–H and O–H groups in total. The highest BCUT2D eigenvalue weighted by molar-refractivity contribution is 5.75. The van der Waals surface area contributed by atoms with E-state index in [1.54, 1.807) is 7.05 Å². The summed E-state index contributed by atoms with van der Waals surface area (Å²) in [7, 11) is 3.11. The van der Waals surface area contributed by atoms with Crippen molar-refractivity contribution in [3.8, 4) is 0 Å². The van der Waals surface area contributed by atoms with Gasteiger partial charge in [0.05, 0.1) is 7.11 Å². The van der Waals surface area contributed by atoms with Crippen LogP contribution in [0, 0.1) is 5.92 Å². The molecular weight excluding hydrogens is 272 g/mol. The van der Waals surface area contributed by atoms with Crippen molar-refractivity contribution in [1.82, 2.24) is 10.4 Å². The van der Waals surface area contributed by atoms with E-state index in [0.717, 1.165) is 25.7 Å². The number of hydroxylamine groups is 2. The van der Waals surface area contributed by atoms with Gasteiger partial charge in [0, 0.05) is 19.5 Å². The number of alkyl carbamates (subject to hydrolysis) is 1. The van der Waals surface area contributed by atoms with Crippen LogP contribution in [0.1, 0.15) is 52.9 Å². The molecule has 0 aromatic carbocycles. The standard InChI is InChI=1S/C15H28N2O4/c1-15(2,3)21-14(19)16-12-8-6-11(7-9-12)10-13(18)17(4)20-5/h11-12H,6-10H2,1-5H3,(H,16,19). The lowest BCUT2D eigenvalue weighted by atomic mass is 9.84. The second-order valence-corrected chi connectivity index (χ2v) is 6.64. The minimum absolute atomic E-state index is 0.000974. The molecule has 6 nitrogen and oxygen atoms in total. The number of hydrogen-bond acceptors (Lipinski definition) is 4. The highest BCUT2D eigenvalue weighted by Gasteiger charge is 2.26. The van der Waals surface area contributed by atoms with Crippen LogP contribution in [-0.2, 0) is 14.4 Å². The van der Waals surface area contributed by atoms with Gasteiger partial charge in [-0.15, -0.1) is 0 Å². The summed E-state index contributed by atoms with van der Waals surface area (Å²) in [5.41, 5.74) is -0.474. The van der Waals surface area contributed by atoms with Crippen LogP contribution in [0.3, 0.4) is 0 Å². The van der Waals surface area contributed by atoms with Crippen LogP contribution in [0.2, 0.25) is 0 Å². The summed E-state index contributed by atoms with van der Waals surface area (Å²) < 4.78 is 5.25. The van der Waals surface area contributed by atoms with Gasteiger partial charge in [-0.2, -0.15) is 0 Å². The molecule has 0 atom stereocenters. The molecule has 6 heteroatoms. The maximum Gasteiger partial charge on any atom is 0.407 e. The van der Waals surface area contributed by atoms with Crippen molar-refractivity contribution in [1.29, 1.82) is 0 Å². The minimum atomic E-state index is -0.474. The van der Waals surface area contributed by atoms with E-state index in [2.05, 4.69) is 5.32 Å². The highest BCUT2D eigenvalue weighted by atomic mass is 16.7. The quantitative estimate of drug-likeness (QED) is 0.810. The first kappa shape index (κ1) is 17.8. The van der Waals surface area contributed by atoms with E-state index in [1.807, 2.05) is 20.8 Å². The number of nitrogens with zero attached hydrogens (tertiary/aromatic N) is 1. The summed E-state index contributed by atoms with van der Waals surface area (Å²) in [4.78, 5) is 28.4. The SMILES string of the molecule is CON(C)C(=O)CC1CCC(NC(=O)OC(C)(C)C)CC1. The lowest BCUT2D eigenvalue weighted by molar-refractivity contribution is -0.170. The molecule has 0 radical (unpaired) electrons. The van der Waals surface area contributed by atoms with Crippen LogP contribution in [0.5, 0.6) is 0 Å². The number of ether oxygens (including phenoxy) is 1. The van der Waals surface area contributed by atoms with Crippen molar-refractivity contribution in [2.24, 2.45) is 5.92 Å². The largest absolute Gasteiger partial charge is 0.444 e. The fourth-order valence-electron chi connectivity index (χ4n) is 2.46. The topological polar surface area (TPSA) is 67.9 Å². The molecule has 0 bridgehead atoms. The summed E-state index contributed by atoms with van der Waals surface area (Å²) in [5, 5.41) is 4.17. The van der Waals surface area contributed by atoms with E-state index in [9.17, 15) is 9.59 Å². The number of amides is 2. The van der Waals surface area contributed by atoms with Gasteiger partial charge in [0.25, 0.3) is 0 Å². The summed E-state index contributed by atoms with van der Waals surface area (Å²) in [5.74, 6) is 0.368. The Morgan fingerprint density at radius 1 is 1.19 bits per heavy atom. The molecular formula is C15H28N2O4. The maximum atomic E-state index is 11.8. The lowest BCUT2D eigenvalue weighted by Crippen LogP contribution is -2.41. The van der Waals surface area contributed by atoms with Gasteiger partial charge >= 0.3 is 6.09 Å². The fraction of sp³-hybridized carbons (Fsp3) is 0.867. The molecule has 122 valence electrons. The smallest absolute Gasteiger partial charge is 0.407 e. The van der Waals surface area contributed by atoms with Crippen molar-refractivity contribution in [2.75, 3.05) is 14.2 Å². The zero-order valence-corrected chi connectivity index (χ0v) is 13.8. The van der Waals surface area contributed by atoms with Crippen molar-refractivity contribution >= 4 is 12.0 Å². The molecule has 2 amide bonds. The third kappa shape index (κ3) is 6.80. The normalized spacial score (nSPS) is 22.5. The Kier molecular flexibility index (Phi) is 6.45. The summed E-state index contributed by atoms with van der Waals surface area (Å²) >= 11 is 0. The number of hydrogen-bond donors (Lipinski definition) is 1.